The molecule has 0 atom stereocenters. The number of aromatic nitrogens is 1. The first-order valence-electron chi connectivity index (χ1n) is 5.10. The smallest absolute Gasteiger partial charge is 0.232 e. The zero-order valence-corrected chi connectivity index (χ0v) is 10.5. The molecule has 2 nitrogen and oxygen atoms in total. The first kappa shape index (κ1) is 14.5. The van der Waals surface area contributed by atoms with E-state index in [9.17, 15) is 22.0 Å². The topological polar surface area (TPSA) is 22.1 Å². The second kappa shape index (κ2) is 5.24. The van der Waals surface area contributed by atoms with E-state index < -0.39 is 40.2 Å². The highest BCUT2D eigenvalue weighted by atomic mass is 35.5. The zero-order chi connectivity index (χ0) is 15.0. The number of pyridine rings is 1. The van der Waals surface area contributed by atoms with Crippen molar-refractivity contribution in [2.24, 2.45) is 0 Å². The maximum Gasteiger partial charge on any atom is 0.232 e. The van der Waals surface area contributed by atoms with Crippen LogP contribution in [0.3, 0.4) is 0 Å². The molecule has 2 rings (SSSR count). The molecule has 0 amide bonds. The Bertz CT molecular complexity index is 663. The third-order valence-corrected chi connectivity index (χ3v) is 2.89. The molecule has 1 heterocycles. The number of halogens is 6. The summed E-state index contributed by atoms with van der Waals surface area (Å²) in [7, 11) is 1.19. The van der Waals surface area contributed by atoms with E-state index in [1.54, 1.807) is 0 Å². The van der Waals surface area contributed by atoms with E-state index in [2.05, 4.69) is 4.98 Å². The van der Waals surface area contributed by atoms with Gasteiger partial charge in [-0.3, -0.25) is 0 Å². The molecule has 0 saturated carbocycles. The Morgan fingerprint density at radius 2 is 1.45 bits per heavy atom. The minimum Gasteiger partial charge on any atom is -0.480 e. The zero-order valence-electron chi connectivity index (χ0n) is 9.78. The quantitative estimate of drug-likeness (QED) is 0.473. The van der Waals surface area contributed by atoms with Crippen molar-refractivity contribution in [2.45, 2.75) is 0 Å². The van der Waals surface area contributed by atoms with Crippen molar-refractivity contribution in [3.8, 4) is 17.0 Å². The maximum absolute atomic E-state index is 13.7. The number of ether oxygens (including phenoxy) is 1. The summed E-state index contributed by atoms with van der Waals surface area (Å²) in [4.78, 5) is 3.64. The Morgan fingerprint density at radius 1 is 0.950 bits per heavy atom. The van der Waals surface area contributed by atoms with Crippen molar-refractivity contribution in [1.29, 1.82) is 0 Å². The summed E-state index contributed by atoms with van der Waals surface area (Å²) >= 11 is 5.77. The molecule has 0 aliphatic rings. The van der Waals surface area contributed by atoms with Crippen LogP contribution in [-0.4, -0.2) is 12.1 Å². The Hall–Kier alpha value is -1.89. The van der Waals surface area contributed by atoms with Crippen molar-refractivity contribution >= 4 is 11.6 Å². The highest BCUT2D eigenvalue weighted by molar-refractivity contribution is 6.34. The molecule has 8 heteroatoms. The molecule has 0 N–H and O–H groups in total. The van der Waals surface area contributed by atoms with Crippen molar-refractivity contribution in [3.05, 3.63) is 46.4 Å². The van der Waals surface area contributed by atoms with Gasteiger partial charge in [0.15, 0.2) is 23.3 Å². The van der Waals surface area contributed by atoms with Crippen LogP contribution in [0.1, 0.15) is 0 Å². The molecule has 20 heavy (non-hydrogen) atoms. The van der Waals surface area contributed by atoms with Crippen LogP contribution in [0.15, 0.2) is 12.3 Å². The Labute approximate surface area is 114 Å². The van der Waals surface area contributed by atoms with E-state index in [1.165, 1.54) is 7.11 Å². The van der Waals surface area contributed by atoms with Crippen LogP contribution in [0, 0.1) is 29.1 Å². The predicted octanol–water partition coefficient (Wildman–Crippen LogP) is 4.11. The van der Waals surface area contributed by atoms with E-state index in [4.69, 9.17) is 16.3 Å². The molecule has 2 aromatic rings. The van der Waals surface area contributed by atoms with Gasteiger partial charge in [-0.25, -0.2) is 26.9 Å². The van der Waals surface area contributed by atoms with Gasteiger partial charge in [0.25, 0.3) is 0 Å². The minimum atomic E-state index is -2.24. The lowest BCUT2D eigenvalue weighted by Gasteiger charge is -2.11. The number of benzene rings is 1. The molecule has 1 aromatic heterocycles. The molecular formula is C12H5ClF5NO. The van der Waals surface area contributed by atoms with Crippen LogP contribution in [0.2, 0.25) is 5.02 Å². The van der Waals surface area contributed by atoms with E-state index in [0.29, 0.717) is 0 Å². The lowest BCUT2D eigenvalue weighted by molar-refractivity contribution is 0.381. The van der Waals surface area contributed by atoms with Crippen LogP contribution in [-0.2, 0) is 0 Å². The SMILES string of the molecule is COc1nccc(-c2c(F)c(F)c(F)c(F)c2F)c1Cl. The van der Waals surface area contributed by atoms with E-state index in [-0.39, 0.29) is 10.9 Å². The monoisotopic (exact) mass is 309 g/mol. The molecular weight excluding hydrogens is 305 g/mol. The average Bonchev–Trinajstić information content (AvgIpc) is 2.45. The Kier molecular flexibility index (Phi) is 3.80. The van der Waals surface area contributed by atoms with Crippen LogP contribution >= 0.6 is 11.6 Å². The summed E-state index contributed by atoms with van der Waals surface area (Å²) in [6.07, 6.45) is 1.07. The van der Waals surface area contributed by atoms with Crippen LogP contribution < -0.4 is 4.74 Å². The predicted molar refractivity (Wildman–Crippen MR) is 61.0 cm³/mol. The van der Waals surface area contributed by atoms with Crippen molar-refractivity contribution in [3.63, 3.8) is 0 Å². The fourth-order valence-electron chi connectivity index (χ4n) is 1.60. The second-order valence-electron chi connectivity index (χ2n) is 3.63. The standard InChI is InChI=1S/C12H5ClF5NO/c1-20-12-6(13)4(2-3-19-12)5-7(14)9(16)11(18)10(17)8(5)15/h2-3H,1H3. The number of nitrogens with zero attached hydrogens (tertiary/aromatic N) is 1. The van der Waals surface area contributed by atoms with Crippen molar-refractivity contribution in [2.75, 3.05) is 7.11 Å². The highest BCUT2D eigenvalue weighted by Gasteiger charge is 2.28. The second-order valence-corrected chi connectivity index (χ2v) is 4.00. The van der Waals surface area contributed by atoms with Gasteiger partial charge in [0.1, 0.15) is 5.02 Å². The molecule has 1 aromatic carbocycles. The van der Waals surface area contributed by atoms with E-state index >= 15 is 0 Å². The van der Waals surface area contributed by atoms with Gasteiger partial charge in [0.05, 0.1) is 12.7 Å². The summed E-state index contributed by atoms with van der Waals surface area (Å²) in [5.41, 5.74) is -1.54. The van der Waals surface area contributed by atoms with E-state index in [0.717, 1.165) is 12.3 Å². The first-order chi connectivity index (χ1) is 9.40. The number of rotatable bonds is 2. The van der Waals surface area contributed by atoms with Gasteiger partial charge in [0.2, 0.25) is 11.7 Å². The third-order valence-electron chi connectivity index (χ3n) is 2.53. The normalized spacial score (nSPS) is 10.8. The van der Waals surface area contributed by atoms with Gasteiger partial charge < -0.3 is 4.74 Å². The maximum atomic E-state index is 13.7. The molecule has 0 saturated heterocycles. The summed E-state index contributed by atoms with van der Waals surface area (Å²) in [5, 5.41) is -0.363. The Morgan fingerprint density at radius 3 is 1.95 bits per heavy atom. The molecule has 0 spiro atoms. The summed E-state index contributed by atoms with van der Waals surface area (Å²) in [6.45, 7) is 0. The number of methoxy groups -OCH3 is 1. The molecule has 0 unspecified atom stereocenters. The van der Waals surface area contributed by atoms with E-state index in [1.807, 2.05) is 0 Å². The van der Waals surface area contributed by atoms with Crippen LogP contribution in [0.25, 0.3) is 11.1 Å². The fourth-order valence-corrected chi connectivity index (χ4v) is 1.88. The lowest BCUT2D eigenvalue weighted by Crippen LogP contribution is -2.04. The van der Waals surface area contributed by atoms with Crippen LogP contribution in [0.5, 0.6) is 5.88 Å². The molecule has 0 bridgehead atoms. The third kappa shape index (κ3) is 2.07. The van der Waals surface area contributed by atoms with Gasteiger partial charge in [-0.05, 0) is 6.07 Å². The summed E-state index contributed by atoms with van der Waals surface area (Å²) < 4.78 is 71.3. The number of hydrogen-bond donors (Lipinski definition) is 0. The minimum absolute atomic E-state index is 0.201. The molecule has 0 aliphatic heterocycles. The first-order valence-corrected chi connectivity index (χ1v) is 5.48. The molecule has 0 radical (unpaired) electrons. The summed E-state index contributed by atoms with van der Waals surface area (Å²) in [6, 6.07) is 1.02. The molecule has 106 valence electrons. The van der Waals surface area contributed by atoms with Gasteiger partial charge in [-0.2, -0.15) is 0 Å². The van der Waals surface area contributed by atoms with Gasteiger partial charge in [0, 0.05) is 11.8 Å². The van der Waals surface area contributed by atoms with Gasteiger partial charge >= 0.3 is 0 Å². The van der Waals surface area contributed by atoms with Crippen molar-refractivity contribution < 1.29 is 26.7 Å². The number of hydrogen-bond acceptors (Lipinski definition) is 2. The largest absolute Gasteiger partial charge is 0.480 e. The Balaban J connectivity index is 2.84. The molecule has 0 aliphatic carbocycles. The van der Waals surface area contributed by atoms with Gasteiger partial charge in [-0.1, -0.05) is 11.6 Å². The molecule has 0 fully saturated rings. The fraction of sp³-hybridized carbons (Fsp3) is 0.0833. The summed E-state index contributed by atoms with van der Waals surface area (Å²) in [5.74, 6) is -10.5. The van der Waals surface area contributed by atoms with Gasteiger partial charge in [-0.15, -0.1) is 0 Å². The average molecular weight is 310 g/mol. The van der Waals surface area contributed by atoms with Crippen molar-refractivity contribution in [1.82, 2.24) is 4.98 Å². The highest BCUT2D eigenvalue weighted by Crippen LogP contribution is 2.38. The lowest BCUT2D eigenvalue weighted by atomic mass is 10.0. The van der Waals surface area contributed by atoms with Crippen LogP contribution in [0.4, 0.5) is 22.0 Å².